The second-order valence-corrected chi connectivity index (χ2v) is 10.4. The molecule has 2 heterocycles. The molecule has 2 aliphatic rings. The highest BCUT2D eigenvalue weighted by Gasteiger charge is 2.29. The first-order valence-electron chi connectivity index (χ1n) is 11.4. The van der Waals surface area contributed by atoms with Crippen LogP contribution in [0.3, 0.4) is 0 Å². The Balaban J connectivity index is 1.62. The molecule has 0 aliphatic carbocycles. The van der Waals surface area contributed by atoms with Crippen LogP contribution in [0.4, 0.5) is 0 Å². The molecule has 2 rings (SSSR count). The van der Waals surface area contributed by atoms with Crippen LogP contribution in [0.15, 0.2) is 12.2 Å². The third-order valence-electron chi connectivity index (χ3n) is 6.54. The number of carboxylic acid groups (broad SMARTS) is 1. The second-order valence-electron chi connectivity index (χ2n) is 10.4. The van der Waals surface area contributed by atoms with Gasteiger partial charge in [0.15, 0.2) is 0 Å². The van der Waals surface area contributed by atoms with E-state index in [1.54, 1.807) is 13.8 Å². The number of carboxylic acids is 1. The lowest BCUT2D eigenvalue weighted by atomic mass is 9.87. The molecular weight excluding hydrogens is 368 g/mol. The van der Waals surface area contributed by atoms with Crippen molar-refractivity contribution in [3.63, 3.8) is 0 Å². The smallest absolute Gasteiger partial charge is 0.309 e. The van der Waals surface area contributed by atoms with E-state index in [4.69, 9.17) is 9.47 Å². The van der Waals surface area contributed by atoms with Gasteiger partial charge in [-0.05, 0) is 77.0 Å². The van der Waals surface area contributed by atoms with E-state index in [-0.39, 0.29) is 30.3 Å². The van der Waals surface area contributed by atoms with Crippen molar-refractivity contribution in [2.45, 2.75) is 116 Å². The van der Waals surface area contributed by atoms with Gasteiger partial charge in [0.25, 0.3) is 0 Å². The average molecular weight is 411 g/mol. The maximum absolute atomic E-state index is 11.2. The van der Waals surface area contributed by atoms with Gasteiger partial charge in [0.1, 0.15) is 0 Å². The zero-order valence-corrected chi connectivity index (χ0v) is 18.9. The fourth-order valence-electron chi connectivity index (χ4n) is 4.19. The van der Waals surface area contributed by atoms with E-state index in [0.29, 0.717) is 12.5 Å². The predicted octanol–water partition coefficient (Wildman–Crippen LogP) is 5.11. The van der Waals surface area contributed by atoms with Crippen LogP contribution >= 0.6 is 0 Å². The van der Waals surface area contributed by atoms with Crippen molar-refractivity contribution in [2.75, 3.05) is 6.61 Å². The first-order valence-corrected chi connectivity index (χ1v) is 11.4. The lowest BCUT2D eigenvalue weighted by Gasteiger charge is -2.22. The summed E-state index contributed by atoms with van der Waals surface area (Å²) in [5.74, 6) is -0.724. The molecule has 0 aromatic heterocycles. The van der Waals surface area contributed by atoms with Gasteiger partial charge in [0.2, 0.25) is 0 Å². The molecule has 0 aromatic carbocycles. The number of hydrogen-bond acceptors (Lipinski definition) is 4. The van der Waals surface area contributed by atoms with Gasteiger partial charge in [-0.1, -0.05) is 32.4 Å². The van der Waals surface area contributed by atoms with Gasteiger partial charge in [-0.25, -0.2) is 0 Å². The van der Waals surface area contributed by atoms with Gasteiger partial charge in [0, 0.05) is 6.61 Å². The second kappa shape index (κ2) is 10.9. The molecule has 4 atom stereocenters. The minimum atomic E-state index is -0.724. The normalized spacial score (nSPS) is 28.4. The van der Waals surface area contributed by atoms with Crippen molar-refractivity contribution in [3.05, 3.63) is 12.2 Å². The zero-order chi connectivity index (χ0) is 21.5. The van der Waals surface area contributed by atoms with Crippen LogP contribution in [0, 0.1) is 10.8 Å². The van der Waals surface area contributed by atoms with E-state index >= 15 is 0 Å². The van der Waals surface area contributed by atoms with Gasteiger partial charge >= 0.3 is 5.97 Å². The van der Waals surface area contributed by atoms with E-state index in [0.717, 1.165) is 57.8 Å². The van der Waals surface area contributed by atoms with Crippen LogP contribution in [0.25, 0.3) is 0 Å². The Hall–Kier alpha value is -0.910. The molecule has 29 heavy (non-hydrogen) atoms. The van der Waals surface area contributed by atoms with Crippen molar-refractivity contribution in [2.24, 2.45) is 10.8 Å². The maximum Gasteiger partial charge on any atom is 0.309 e. The van der Waals surface area contributed by atoms with Crippen molar-refractivity contribution in [1.82, 2.24) is 0 Å². The number of aliphatic hydroxyl groups is 1. The summed E-state index contributed by atoms with van der Waals surface area (Å²) in [6.07, 6.45) is 15.3. The third kappa shape index (κ3) is 8.39. The maximum atomic E-state index is 11.2. The van der Waals surface area contributed by atoms with Crippen LogP contribution in [0.2, 0.25) is 0 Å². The number of aliphatic carboxylic acids is 1. The zero-order valence-electron chi connectivity index (χ0n) is 18.9. The van der Waals surface area contributed by atoms with E-state index < -0.39 is 11.4 Å². The van der Waals surface area contributed by atoms with Crippen LogP contribution < -0.4 is 0 Å². The molecule has 2 saturated heterocycles. The molecule has 5 nitrogen and oxygen atoms in total. The highest BCUT2D eigenvalue weighted by Crippen LogP contribution is 2.31. The molecule has 4 unspecified atom stereocenters. The van der Waals surface area contributed by atoms with E-state index in [1.807, 2.05) is 0 Å². The number of hydrogen-bond donors (Lipinski definition) is 2. The topological polar surface area (TPSA) is 76.0 Å². The molecule has 0 radical (unpaired) electrons. The summed E-state index contributed by atoms with van der Waals surface area (Å²) in [6.45, 7) is 8.03. The summed E-state index contributed by atoms with van der Waals surface area (Å²) in [5.41, 5.74) is -0.639. The summed E-state index contributed by atoms with van der Waals surface area (Å²) in [4.78, 5) is 11.2. The first kappa shape index (κ1) is 24.4. The lowest BCUT2D eigenvalue weighted by molar-refractivity contribution is -0.147. The SMILES string of the molecule is CC(C)(CO)CCCC1CCC(/C=C/C2CCC(CCCC(C)(C)C(=O)O)O2)O1. The third-order valence-corrected chi connectivity index (χ3v) is 6.54. The quantitative estimate of drug-likeness (QED) is 0.437. The summed E-state index contributed by atoms with van der Waals surface area (Å²) in [7, 11) is 0. The van der Waals surface area contributed by atoms with Crippen molar-refractivity contribution in [1.29, 1.82) is 0 Å². The monoisotopic (exact) mass is 410 g/mol. The Morgan fingerprint density at radius 2 is 1.38 bits per heavy atom. The molecule has 0 aromatic rings. The van der Waals surface area contributed by atoms with Crippen molar-refractivity contribution < 1.29 is 24.5 Å². The molecule has 2 N–H and O–H groups in total. The Kier molecular flexibility index (Phi) is 9.17. The minimum Gasteiger partial charge on any atom is -0.481 e. The van der Waals surface area contributed by atoms with Gasteiger partial charge in [0.05, 0.1) is 29.8 Å². The molecule has 0 amide bonds. The molecular formula is C24H42O5. The summed E-state index contributed by atoms with van der Waals surface area (Å²) in [6, 6.07) is 0. The summed E-state index contributed by atoms with van der Waals surface area (Å²) < 4.78 is 12.3. The van der Waals surface area contributed by atoms with Crippen LogP contribution in [0.1, 0.15) is 91.9 Å². The molecule has 168 valence electrons. The van der Waals surface area contributed by atoms with E-state index in [2.05, 4.69) is 26.0 Å². The fourth-order valence-corrected chi connectivity index (χ4v) is 4.19. The van der Waals surface area contributed by atoms with Gasteiger partial charge < -0.3 is 19.7 Å². The lowest BCUT2D eigenvalue weighted by Crippen LogP contribution is -2.24. The number of aliphatic hydroxyl groups excluding tert-OH is 1. The largest absolute Gasteiger partial charge is 0.481 e. The molecule has 5 heteroatoms. The highest BCUT2D eigenvalue weighted by atomic mass is 16.5. The average Bonchev–Trinajstić information content (AvgIpc) is 3.29. The number of carbonyl (C=O) groups is 1. The molecule has 0 spiro atoms. The molecule has 2 fully saturated rings. The predicted molar refractivity (Wildman–Crippen MR) is 115 cm³/mol. The highest BCUT2D eigenvalue weighted by molar-refractivity contribution is 5.73. The van der Waals surface area contributed by atoms with Gasteiger partial charge in [-0.3, -0.25) is 4.79 Å². The van der Waals surface area contributed by atoms with Crippen molar-refractivity contribution >= 4 is 5.97 Å². The summed E-state index contributed by atoms with van der Waals surface area (Å²) in [5, 5.41) is 18.6. The Labute approximate surface area is 176 Å². The Morgan fingerprint density at radius 1 is 0.897 bits per heavy atom. The van der Waals surface area contributed by atoms with Crippen LogP contribution in [-0.2, 0) is 14.3 Å². The fraction of sp³-hybridized carbons (Fsp3) is 0.875. The molecule has 0 bridgehead atoms. The Morgan fingerprint density at radius 3 is 1.83 bits per heavy atom. The van der Waals surface area contributed by atoms with E-state index in [9.17, 15) is 15.0 Å². The van der Waals surface area contributed by atoms with Gasteiger partial charge in [-0.2, -0.15) is 0 Å². The Bertz CT molecular complexity index is 539. The van der Waals surface area contributed by atoms with Crippen molar-refractivity contribution in [3.8, 4) is 0 Å². The van der Waals surface area contributed by atoms with Crippen LogP contribution in [0.5, 0.6) is 0 Å². The van der Waals surface area contributed by atoms with Gasteiger partial charge in [-0.15, -0.1) is 0 Å². The first-order chi connectivity index (χ1) is 13.6. The molecule has 2 aliphatic heterocycles. The van der Waals surface area contributed by atoms with Crippen LogP contribution in [-0.4, -0.2) is 47.2 Å². The summed E-state index contributed by atoms with van der Waals surface area (Å²) >= 11 is 0. The minimum absolute atomic E-state index is 0.0115. The number of ether oxygens (including phenoxy) is 2. The number of rotatable bonds is 12. The standard InChI is InChI=1S/C24H42O5/c1-23(2,17-25)15-5-7-18-9-11-20(28-18)13-14-21-12-10-19(29-21)8-6-16-24(3,4)22(26)27/h13-14,18-21,25H,5-12,15-17H2,1-4H3,(H,26,27)/b14-13+. The molecule has 0 saturated carbocycles. The van der Waals surface area contributed by atoms with E-state index in [1.165, 1.54) is 0 Å².